The van der Waals surface area contributed by atoms with Gasteiger partial charge in [0, 0.05) is 18.2 Å². The Labute approximate surface area is 142 Å². The van der Waals surface area contributed by atoms with Crippen LogP contribution in [0, 0.1) is 0 Å². The maximum absolute atomic E-state index is 11.4. The summed E-state index contributed by atoms with van der Waals surface area (Å²) in [6.45, 7) is 2.35. The van der Waals surface area contributed by atoms with Gasteiger partial charge in [0.05, 0.1) is 11.2 Å². The second-order valence-electron chi connectivity index (χ2n) is 5.82. The Morgan fingerprint density at radius 2 is 1.79 bits per heavy atom. The molecule has 3 aromatic rings. The molecule has 3 heteroatoms. The van der Waals surface area contributed by atoms with E-state index in [-0.39, 0.29) is 0 Å². The molecule has 1 aromatic heterocycles. The van der Waals surface area contributed by atoms with Crippen LogP contribution in [-0.4, -0.2) is 10.8 Å². The number of carbonyl (C=O) groups excluding carboxylic acids is 1. The average Bonchev–Trinajstić information content (AvgIpc) is 2.65. The first-order valence-electron chi connectivity index (χ1n) is 8.32. The third kappa shape index (κ3) is 4.19. The van der Waals surface area contributed by atoms with E-state index in [9.17, 15) is 4.79 Å². The van der Waals surface area contributed by atoms with Crippen molar-refractivity contribution in [2.24, 2.45) is 0 Å². The highest BCUT2D eigenvalue weighted by Crippen LogP contribution is 2.17. The van der Waals surface area contributed by atoms with Gasteiger partial charge >= 0.3 is 0 Å². The molecule has 0 N–H and O–H groups in total. The zero-order valence-electron chi connectivity index (χ0n) is 13.9. The molecule has 0 bridgehead atoms. The van der Waals surface area contributed by atoms with Gasteiger partial charge in [-0.1, -0.05) is 43.3 Å². The normalized spacial score (nSPS) is 10.7. The number of carbonyl (C=O) groups is 1. The third-order valence-corrected chi connectivity index (χ3v) is 4.05. The highest BCUT2D eigenvalue weighted by Gasteiger charge is 2.02. The Morgan fingerprint density at radius 1 is 1.00 bits per heavy atom. The Bertz CT molecular complexity index is 825. The topological polar surface area (TPSA) is 39.2 Å². The summed E-state index contributed by atoms with van der Waals surface area (Å²) in [5.74, 6) is 1.12. The monoisotopic (exact) mass is 319 g/mol. The number of pyridine rings is 1. The Hall–Kier alpha value is -2.68. The number of aromatic nitrogens is 1. The van der Waals surface area contributed by atoms with E-state index in [1.165, 1.54) is 0 Å². The summed E-state index contributed by atoms with van der Waals surface area (Å²) in [7, 11) is 0. The molecule has 1 heterocycles. The highest BCUT2D eigenvalue weighted by atomic mass is 16.5. The van der Waals surface area contributed by atoms with E-state index in [1.807, 2.05) is 55.5 Å². The number of rotatable bonds is 7. The van der Waals surface area contributed by atoms with E-state index in [0.29, 0.717) is 25.2 Å². The van der Waals surface area contributed by atoms with Crippen molar-refractivity contribution in [3.8, 4) is 5.75 Å². The molecule has 0 aliphatic heterocycles. The van der Waals surface area contributed by atoms with E-state index in [4.69, 9.17) is 4.74 Å². The van der Waals surface area contributed by atoms with Crippen LogP contribution < -0.4 is 4.74 Å². The lowest BCUT2D eigenvalue weighted by atomic mass is 10.1. The SMILES string of the molecule is CCC(=O)CCc1ccc(OCc2ccc3ccccc3n2)cc1. The van der Waals surface area contributed by atoms with Crippen LogP contribution in [0.1, 0.15) is 31.0 Å². The van der Waals surface area contributed by atoms with Gasteiger partial charge in [-0.2, -0.15) is 0 Å². The predicted octanol–water partition coefficient (Wildman–Crippen LogP) is 4.73. The van der Waals surface area contributed by atoms with E-state index in [0.717, 1.165) is 34.3 Å². The van der Waals surface area contributed by atoms with Crippen molar-refractivity contribution >= 4 is 16.7 Å². The van der Waals surface area contributed by atoms with Gasteiger partial charge in [0.2, 0.25) is 0 Å². The number of ketones is 1. The summed E-state index contributed by atoms with van der Waals surface area (Å²) in [4.78, 5) is 16.0. The fourth-order valence-electron chi connectivity index (χ4n) is 2.56. The molecule has 0 aliphatic carbocycles. The van der Waals surface area contributed by atoms with E-state index in [2.05, 4.69) is 17.1 Å². The van der Waals surface area contributed by atoms with Crippen LogP contribution in [0.15, 0.2) is 60.7 Å². The van der Waals surface area contributed by atoms with E-state index >= 15 is 0 Å². The Balaban J connectivity index is 1.58. The van der Waals surface area contributed by atoms with Crippen molar-refractivity contribution in [1.82, 2.24) is 4.98 Å². The number of ether oxygens (including phenoxy) is 1. The first-order valence-corrected chi connectivity index (χ1v) is 8.32. The fraction of sp³-hybridized carbons (Fsp3) is 0.238. The van der Waals surface area contributed by atoms with Gasteiger partial charge in [-0.05, 0) is 36.2 Å². The summed E-state index contributed by atoms with van der Waals surface area (Å²) in [6, 6.07) is 20.1. The zero-order chi connectivity index (χ0) is 16.8. The number of fused-ring (bicyclic) bond motifs is 1. The Kier molecular flexibility index (Phi) is 5.22. The van der Waals surface area contributed by atoms with E-state index in [1.54, 1.807) is 0 Å². The Morgan fingerprint density at radius 3 is 2.58 bits per heavy atom. The van der Waals surface area contributed by atoms with Crippen LogP contribution in [0.5, 0.6) is 5.75 Å². The van der Waals surface area contributed by atoms with Crippen molar-refractivity contribution in [2.45, 2.75) is 32.8 Å². The molecule has 122 valence electrons. The molecule has 0 atom stereocenters. The number of para-hydroxylation sites is 1. The number of Topliss-reactive ketones (excluding diaryl/α,β-unsaturated/α-hetero) is 1. The van der Waals surface area contributed by atoms with Crippen molar-refractivity contribution < 1.29 is 9.53 Å². The zero-order valence-corrected chi connectivity index (χ0v) is 13.9. The number of hydrogen-bond acceptors (Lipinski definition) is 3. The molecule has 2 aromatic carbocycles. The predicted molar refractivity (Wildman–Crippen MR) is 96.1 cm³/mol. The van der Waals surface area contributed by atoms with Gasteiger partial charge in [-0.3, -0.25) is 4.79 Å². The second-order valence-corrected chi connectivity index (χ2v) is 5.82. The molecule has 0 aliphatic rings. The highest BCUT2D eigenvalue weighted by molar-refractivity contribution is 5.78. The van der Waals surface area contributed by atoms with Crippen LogP contribution in [0.4, 0.5) is 0 Å². The molecule has 24 heavy (non-hydrogen) atoms. The molecule has 0 fully saturated rings. The maximum Gasteiger partial charge on any atom is 0.132 e. The number of nitrogens with zero attached hydrogens (tertiary/aromatic N) is 1. The fourth-order valence-corrected chi connectivity index (χ4v) is 2.56. The van der Waals surface area contributed by atoms with Gasteiger partial charge in [-0.15, -0.1) is 0 Å². The van der Waals surface area contributed by atoms with Crippen LogP contribution in [-0.2, 0) is 17.8 Å². The number of aryl methyl sites for hydroxylation is 1. The molecular weight excluding hydrogens is 298 g/mol. The summed E-state index contributed by atoms with van der Waals surface area (Å²) in [5.41, 5.74) is 3.05. The first-order chi connectivity index (χ1) is 11.7. The third-order valence-electron chi connectivity index (χ3n) is 4.05. The lowest BCUT2D eigenvalue weighted by Crippen LogP contribution is -1.99. The molecule has 0 unspecified atom stereocenters. The lowest BCUT2D eigenvalue weighted by molar-refractivity contribution is -0.118. The van der Waals surface area contributed by atoms with E-state index < -0.39 is 0 Å². The smallest absolute Gasteiger partial charge is 0.132 e. The van der Waals surface area contributed by atoms with Crippen LogP contribution in [0.25, 0.3) is 10.9 Å². The summed E-state index contributed by atoms with van der Waals surface area (Å²) in [5, 5.41) is 1.13. The van der Waals surface area contributed by atoms with Crippen molar-refractivity contribution in [1.29, 1.82) is 0 Å². The average molecular weight is 319 g/mol. The number of hydrogen-bond donors (Lipinski definition) is 0. The van der Waals surface area contributed by atoms with Crippen LogP contribution >= 0.6 is 0 Å². The van der Waals surface area contributed by atoms with Crippen LogP contribution in [0.3, 0.4) is 0 Å². The molecule has 3 nitrogen and oxygen atoms in total. The first kappa shape index (κ1) is 16.2. The number of benzene rings is 2. The van der Waals surface area contributed by atoms with Crippen molar-refractivity contribution in [3.05, 3.63) is 71.9 Å². The molecule has 0 radical (unpaired) electrons. The molecule has 0 amide bonds. The van der Waals surface area contributed by atoms with Gasteiger partial charge < -0.3 is 4.74 Å². The minimum Gasteiger partial charge on any atom is -0.487 e. The molecule has 0 spiro atoms. The van der Waals surface area contributed by atoms with Crippen molar-refractivity contribution in [2.75, 3.05) is 0 Å². The second kappa shape index (κ2) is 7.73. The largest absolute Gasteiger partial charge is 0.487 e. The summed E-state index contributed by atoms with van der Waals surface area (Å²) < 4.78 is 5.81. The summed E-state index contributed by atoms with van der Waals surface area (Å²) in [6.07, 6.45) is 2.01. The molecule has 0 saturated carbocycles. The van der Waals surface area contributed by atoms with Gasteiger partial charge in [0.15, 0.2) is 0 Å². The van der Waals surface area contributed by atoms with Crippen LogP contribution in [0.2, 0.25) is 0 Å². The quantitative estimate of drug-likeness (QED) is 0.632. The standard InChI is InChI=1S/C21H21NO2/c1-2-19(23)12-7-16-8-13-20(14-9-16)24-15-18-11-10-17-5-3-4-6-21(17)22-18/h3-6,8-11,13-14H,2,7,12,15H2,1H3. The minimum absolute atomic E-state index is 0.303. The van der Waals surface area contributed by atoms with Crippen molar-refractivity contribution in [3.63, 3.8) is 0 Å². The molecule has 3 rings (SSSR count). The maximum atomic E-state index is 11.4. The van der Waals surface area contributed by atoms with Gasteiger partial charge in [0.1, 0.15) is 18.1 Å². The minimum atomic E-state index is 0.303. The molecule has 0 saturated heterocycles. The molecular formula is C21H21NO2. The lowest BCUT2D eigenvalue weighted by Gasteiger charge is -2.08. The summed E-state index contributed by atoms with van der Waals surface area (Å²) >= 11 is 0. The van der Waals surface area contributed by atoms with Gasteiger partial charge in [0.25, 0.3) is 0 Å². The van der Waals surface area contributed by atoms with Gasteiger partial charge in [-0.25, -0.2) is 4.98 Å².